The molecule has 8 heteroatoms. The van der Waals surface area contributed by atoms with Gasteiger partial charge in [0.2, 0.25) is 5.95 Å². The second-order valence-electron chi connectivity index (χ2n) is 6.73. The van der Waals surface area contributed by atoms with E-state index < -0.39 is 0 Å². The monoisotopic (exact) mass is 446 g/mol. The van der Waals surface area contributed by atoms with Gasteiger partial charge in [0.25, 0.3) is 5.91 Å². The van der Waals surface area contributed by atoms with Crippen molar-refractivity contribution in [1.82, 2.24) is 9.97 Å². The predicted octanol–water partition coefficient (Wildman–Crippen LogP) is 6.56. The smallest absolute Gasteiger partial charge is 0.255 e. The fourth-order valence-corrected chi connectivity index (χ4v) is 3.81. The average molecular weight is 448 g/mol. The molecule has 5 nitrogen and oxygen atoms in total. The second kappa shape index (κ2) is 8.11. The maximum Gasteiger partial charge on any atom is 0.255 e. The molecule has 1 aromatic heterocycles. The Morgan fingerprint density at radius 1 is 1.14 bits per heavy atom. The van der Waals surface area contributed by atoms with Gasteiger partial charge in [-0.1, -0.05) is 46.9 Å². The summed E-state index contributed by atoms with van der Waals surface area (Å²) in [5, 5.41) is 7.82. The largest absolute Gasteiger partial charge is 0.324 e. The number of allylic oxidation sites excluding steroid dienone is 3. The molecule has 148 valence electrons. The molecular weight excluding hydrogens is 431 g/mol. The Labute approximate surface area is 182 Å². The number of carbonyl (C=O) groups is 1. The number of anilines is 2. The quantitative estimate of drug-likeness (QED) is 0.424. The molecule has 1 aliphatic rings. The molecule has 1 heterocycles. The van der Waals surface area contributed by atoms with E-state index >= 15 is 0 Å². The first-order valence-corrected chi connectivity index (χ1v) is 10.1. The molecule has 0 radical (unpaired) electrons. The average Bonchev–Trinajstić information content (AvgIpc) is 3.09. The summed E-state index contributed by atoms with van der Waals surface area (Å²) in [5.74, 6) is 0.273. The highest BCUT2D eigenvalue weighted by Gasteiger charge is 2.16. The summed E-state index contributed by atoms with van der Waals surface area (Å²) in [7, 11) is 0. The van der Waals surface area contributed by atoms with Crippen LogP contribution in [0.25, 0.3) is 11.0 Å². The van der Waals surface area contributed by atoms with Gasteiger partial charge in [-0.05, 0) is 55.7 Å². The Morgan fingerprint density at radius 2 is 1.97 bits per heavy atom. The number of imidazole rings is 1. The minimum absolute atomic E-state index is 0.231. The van der Waals surface area contributed by atoms with Crippen LogP contribution in [0.15, 0.2) is 58.2 Å². The van der Waals surface area contributed by atoms with Crippen LogP contribution in [-0.4, -0.2) is 15.9 Å². The Balaban J connectivity index is 1.57. The van der Waals surface area contributed by atoms with Crippen molar-refractivity contribution in [1.29, 1.82) is 0 Å². The first kappa shape index (κ1) is 19.8. The fourth-order valence-electron chi connectivity index (χ4n) is 3.06. The standard InChI is InChI=1S/C21H17Cl3N4O/c1-11-5-7-13(22)10-17(11)25-20(29)12-6-8-16-18(9-12)27-21(26-16)28-19-14(23)3-2-4-15(19)24/h3,5-10H,2,4H2,1H3,(H,25,29)(H2,26,27,28). The number of aryl methyl sites for hydroxylation is 1. The summed E-state index contributed by atoms with van der Waals surface area (Å²) in [4.78, 5) is 20.3. The van der Waals surface area contributed by atoms with Gasteiger partial charge < -0.3 is 15.6 Å². The molecule has 1 aliphatic carbocycles. The first-order chi connectivity index (χ1) is 13.9. The van der Waals surface area contributed by atoms with Crippen LogP contribution in [0, 0.1) is 6.92 Å². The number of nitrogens with one attached hydrogen (secondary N) is 3. The second-order valence-corrected chi connectivity index (χ2v) is 8.03. The van der Waals surface area contributed by atoms with Crippen LogP contribution in [-0.2, 0) is 0 Å². The maximum absolute atomic E-state index is 12.7. The van der Waals surface area contributed by atoms with E-state index in [0.717, 1.165) is 29.4 Å². The highest BCUT2D eigenvalue weighted by Crippen LogP contribution is 2.31. The van der Waals surface area contributed by atoms with Gasteiger partial charge in [0.15, 0.2) is 0 Å². The minimum atomic E-state index is -0.231. The van der Waals surface area contributed by atoms with Crippen molar-refractivity contribution in [3.8, 4) is 0 Å². The van der Waals surface area contributed by atoms with Gasteiger partial charge in [0.1, 0.15) is 0 Å². The Bertz CT molecular complexity index is 1180. The zero-order chi connectivity index (χ0) is 20.5. The number of halogens is 3. The lowest BCUT2D eigenvalue weighted by Gasteiger charge is -2.14. The van der Waals surface area contributed by atoms with Gasteiger partial charge in [-0.2, -0.15) is 0 Å². The van der Waals surface area contributed by atoms with Crippen LogP contribution >= 0.6 is 34.8 Å². The molecule has 0 bridgehead atoms. The third-order valence-corrected chi connectivity index (χ3v) is 5.59. The zero-order valence-electron chi connectivity index (χ0n) is 15.4. The number of rotatable bonds is 4. The number of aromatic amines is 1. The third-order valence-electron chi connectivity index (χ3n) is 4.63. The fraction of sp³-hybridized carbons (Fsp3) is 0.143. The Hall–Kier alpha value is -2.47. The van der Waals surface area contributed by atoms with E-state index in [2.05, 4.69) is 20.6 Å². The summed E-state index contributed by atoms with van der Waals surface area (Å²) in [6.45, 7) is 1.91. The van der Waals surface area contributed by atoms with Crippen molar-refractivity contribution in [3.63, 3.8) is 0 Å². The Morgan fingerprint density at radius 3 is 2.76 bits per heavy atom. The van der Waals surface area contributed by atoms with Crippen molar-refractivity contribution in [2.45, 2.75) is 19.8 Å². The molecule has 0 aliphatic heterocycles. The highest BCUT2D eigenvalue weighted by molar-refractivity contribution is 6.36. The number of benzene rings is 2. The summed E-state index contributed by atoms with van der Waals surface area (Å²) < 4.78 is 0. The molecule has 0 fully saturated rings. The molecule has 0 spiro atoms. The minimum Gasteiger partial charge on any atom is -0.324 e. The topological polar surface area (TPSA) is 69.8 Å². The van der Waals surface area contributed by atoms with E-state index in [0.29, 0.717) is 38.0 Å². The number of hydrogen-bond acceptors (Lipinski definition) is 3. The number of hydrogen-bond donors (Lipinski definition) is 3. The number of carbonyl (C=O) groups excluding carboxylic acids is 1. The summed E-state index contributed by atoms with van der Waals surface area (Å²) >= 11 is 18.6. The number of fused-ring (bicyclic) bond motifs is 1. The van der Waals surface area contributed by atoms with Gasteiger partial charge in [-0.3, -0.25) is 4.79 Å². The van der Waals surface area contributed by atoms with E-state index in [4.69, 9.17) is 34.8 Å². The number of amides is 1. The van der Waals surface area contributed by atoms with Crippen molar-refractivity contribution in [3.05, 3.63) is 74.4 Å². The lowest BCUT2D eigenvalue weighted by molar-refractivity contribution is 0.102. The molecule has 1 amide bonds. The van der Waals surface area contributed by atoms with E-state index in [1.807, 2.05) is 19.1 Å². The van der Waals surface area contributed by atoms with Crippen molar-refractivity contribution in [2.24, 2.45) is 0 Å². The molecule has 4 rings (SSSR count). The summed E-state index contributed by atoms with van der Waals surface area (Å²) in [5.41, 5.74) is 4.19. The molecule has 0 atom stereocenters. The lowest BCUT2D eigenvalue weighted by atomic mass is 10.1. The summed E-state index contributed by atoms with van der Waals surface area (Å²) in [6, 6.07) is 10.6. The van der Waals surface area contributed by atoms with Crippen LogP contribution < -0.4 is 10.6 Å². The van der Waals surface area contributed by atoms with Crippen molar-refractivity contribution < 1.29 is 4.79 Å². The van der Waals surface area contributed by atoms with E-state index in [-0.39, 0.29) is 5.91 Å². The normalized spacial score (nSPS) is 14.1. The van der Waals surface area contributed by atoms with Crippen LogP contribution in [0.3, 0.4) is 0 Å². The molecule has 0 saturated carbocycles. The first-order valence-electron chi connectivity index (χ1n) is 8.99. The van der Waals surface area contributed by atoms with Crippen molar-refractivity contribution in [2.75, 3.05) is 10.6 Å². The van der Waals surface area contributed by atoms with Crippen LogP contribution in [0.1, 0.15) is 28.8 Å². The lowest BCUT2D eigenvalue weighted by Crippen LogP contribution is -2.12. The maximum atomic E-state index is 12.7. The van der Waals surface area contributed by atoms with Gasteiger partial charge in [0, 0.05) is 21.3 Å². The number of nitrogens with zero attached hydrogens (tertiary/aromatic N) is 1. The Kier molecular flexibility index (Phi) is 5.54. The van der Waals surface area contributed by atoms with E-state index in [9.17, 15) is 4.79 Å². The number of H-pyrrole nitrogens is 1. The van der Waals surface area contributed by atoms with E-state index in [1.54, 1.807) is 30.3 Å². The van der Waals surface area contributed by atoms with Crippen LogP contribution in [0.2, 0.25) is 5.02 Å². The third kappa shape index (κ3) is 4.27. The molecule has 0 unspecified atom stereocenters. The highest BCUT2D eigenvalue weighted by atomic mass is 35.5. The SMILES string of the molecule is Cc1ccc(Cl)cc1NC(=O)c1ccc2nc(NC3=C(Cl)CCC=C3Cl)[nH]c2c1. The summed E-state index contributed by atoms with van der Waals surface area (Å²) in [6.07, 6.45) is 3.46. The molecule has 3 aromatic rings. The molecule has 3 N–H and O–H groups in total. The van der Waals surface area contributed by atoms with Crippen LogP contribution in [0.4, 0.5) is 11.6 Å². The predicted molar refractivity (Wildman–Crippen MR) is 120 cm³/mol. The van der Waals surface area contributed by atoms with Crippen LogP contribution in [0.5, 0.6) is 0 Å². The van der Waals surface area contributed by atoms with Gasteiger partial charge in [-0.15, -0.1) is 0 Å². The number of aromatic nitrogens is 2. The van der Waals surface area contributed by atoms with Crippen molar-refractivity contribution >= 4 is 63.4 Å². The zero-order valence-corrected chi connectivity index (χ0v) is 17.7. The molecule has 2 aromatic carbocycles. The molecule has 29 heavy (non-hydrogen) atoms. The van der Waals surface area contributed by atoms with E-state index in [1.165, 1.54) is 0 Å². The molecular formula is C21H17Cl3N4O. The molecule has 0 saturated heterocycles. The van der Waals surface area contributed by atoms with Gasteiger partial charge >= 0.3 is 0 Å². The van der Waals surface area contributed by atoms with Gasteiger partial charge in [-0.25, -0.2) is 4.98 Å². The van der Waals surface area contributed by atoms with Gasteiger partial charge in [0.05, 0.1) is 21.8 Å².